The van der Waals surface area contributed by atoms with E-state index in [0.29, 0.717) is 0 Å². The average molecular weight is 245 g/mol. The van der Waals surface area contributed by atoms with Crippen LogP contribution in [-0.4, -0.2) is 4.98 Å². The molecule has 0 radical (unpaired) electrons. The smallest absolute Gasteiger partial charge is 0.0299 e. The first-order valence-corrected chi connectivity index (χ1v) is 6.85. The van der Waals surface area contributed by atoms with Gasteiger partial charge in [-0.1, -0.05) is 26.8 Å². The molecule has 0 saturated carbocycles. The highest BCUT2D eigenvalue weighted by Crippen LogP contribution is 2.29. The zero-order chi connectivity index (χ0) is 12.3. The van der Waals surface area contributed by atoms with E-state index in [1.807, 2.05) is 29.8 Å². The molecule has 0 atom stereocenters. The van der Waals surface area contributed by atoms with Crippen LogP contribution in [0.15, 0.2) is 36.7 Å². The predicted molar refractivity (Wildman–Crippen MR) is 74.7 cm³/mol. The van der Waals surface area contributed by atoms with E-state index < -0.39 is 0 Å². The van der Waals surface area contributed by atoms with Crippen LogP contribution in [0, 0.1) is 0 Å². The Balaban J connectivity index is 1.99. The van der Waals surface area contributed by atoms with Crippen molar-refractivity contribution in [3.05, 3.63) is 52.0 Å². The zero-order valence-corrected chi connectivity index (χ0v) is 11.6. The van der Waals surface area contributed by atoms with Gasteiger partial charge in [-0.25, -0.2) is 0 Å². The van der Waals surface area contributed by atoms with Crippen molar-refractivity contribution < 1.29 is 0 Å². The van der Waals surface area contributed by atoms with Crippen molar-refractivity contribution in [1.82, 2.24) is 4.98 Å². The van der Waals surface area contributed by atoms with Gasteiger partial charge in [0.25, 0.3) is 0 Å². The van der Waals surface area contributed by atoms with E-state index in [9.17, 15) is 0 Å². The predicted octanol–water partition coefficient (Wildman–Crippen LogP) is 4.23. The SMILES string of the molecule is CC(C)(C)c1ccc(CCc2cccnc2)s1. The van der Waals surface area contributed by atoms with Crippen LogP contribution < -0.4 is 0 Å². The Bertz CT molecular complexity index is 465. The van der Waals surface area contributed by atoms with Crippen molar-refractivity contribution in [1.29, 1.82) is 0 Å². The molecule has 0 bridgehead atoms. The molecule has 17 heavy (non-hydrogen) atoms. The molecule has 0 aromatic carbocycles. The summed E-state index contributed by atoms with van der Waals surface area (Å²) in [5, 5.41) is 0. The molecule has 0 aliphatic heterocycles. The number of hydrogen-bond donors (Lipinski definition) is 0. The minimum Gasteiger partial charge on any atom is -0.264 e. The van der Waals surface area contributed by atoms with Gasteiger partial charge in [0.15, 0.2) is 0 Å². The Labute approximate surface area is 108 Å². The van der Waals surface area contributed by atoms with E-state index in [4.69, 9.17) is 0 Å². The topological polar surface area (TPSA) is 12.9 Å². The molecular formula is C15H19NS. The zero-order valence-electron chi connectivity index (χ0n) is 10.7. The highest BCUT2D eigenvalue weighted by molar-refractivity contribution is 7.12. The molecule has 0 amide bonds. The average Bonchev–Trinajstić information content (AvgIpc) is 2.76. The molecule has 90 valence electrons. The number of aromatic nitrogens is 1. The van der Waals surface area contributed by atoms with E-state index in [2.05, 4.69) is 44.0 Å². The lowest BCUT2D eigenvalue weighted by Crippen LogP contribution is -2.07. The Morgan fingerprint density at radius 2 is 1.94 bits per heavy atom. The molecule has 1 nitrogen and oxygen atoms in total. The van der Waals surface area contributed by atoms with Gasteiger partial charge in [-0.05, 0) is 42.0 Å². The lowest BCUT2D eigenvalue weighted by molar-refractivity contribution is 0.604. The summed E-state index contributed by atoms with van der Waals surface area (Å²) in [4.78, 5) is 7.09. The van der Waals surface area contributed by atoms with Crippen LogP contribution >= 0.6 is 11.3 Å². The summed E-state index contributed by atoms with van der Waals surface area (Å²) >= 11 is 1.94. The molecule has 0 aliphatic rings. The van der Waals surface area contributed by atoms with Crippen LogP contribution in [0.1, 0.15) is 36.1 Å². The molecule has 2 heteroatoms. The first-order chi connectivity index (χ1) is 8.05. The van der Waals surface area contributed by atoms with Crippen molar-refractivity contribution in [2.45, 2.75) is 39.0 Å². The molecule has 0 N–H and O–H groups in total. The van der Waals surface area contributed by atoms with Crippen molar-refractivity contribution in [3.8, 4) is 0 Å². The minimum atomic E-state index is 0.275. The second-order valence-electron chi connectivity index (χ2n) is 5.38. The molecule has 0 fully saturated rings. The van der Waals surface area contributed by atoms with Gasteiger partial charge in [0.05, 0.1) is 0 Å². The highest BCUT2D eigenvalue weighted by Gasteiger charge is 2.15. The molecule has 0 spiro atoms. The maximum atomic E-state index is 4.14. The molecule has 2 aromatic heterocycles. The lowest BCUT2D eigenvalue weighted by atomic mass is 9.95. The Morgan fingerprint density at radius 3 is 2.53 bits per heavy atom. The third-order valence-electron chi connectivity index (χ3n) is 2.78. The summed E-state index contributed by atoms with van der Waals surface area (Å²) in [6.07, 6.45) is 5.98. The van der Waals surface area contributed by atoms with E-state index in [0.717, 1.165) is 12.8 Å². The number of hydrogen-bond acceptors (Lipinski definition) is 2. The van der Waals surface area contributed by atoms with Crippen molar-refractivity contribution in [3.63, 3.8) is 0 Å². The third kappa shape index (κ3) is 3.40. The maximum Gasteiger partial charge on any atom is 0.0299 e. The van der Waals surface area contributed by atoms with Crippen LogP contribution in [0.5, 0.6) is 0 Å². The van der Waals surface area contributed by atoms with Gasteiger partial charge in [0, 0.05) is 22.1 Å². The Kier molecular flexibility index (Phi) is 3.63. The van der Waals surface area contributed by atoms with Gasteiger partial charge in [-0.15, -0.1) is 11.3 Å². The van der Waals surface area contributed by atoms with Crippen LogP contribution in [0.2, 0.25) is 0 Å². The van der Waals surface area contributed by atoms with Crippen molar-refractivity contribution >= 4 is 11.3 Å². The van der Waals surface area contributed by atoms with Gasteiger partial charge in [-0.2, -0.15) is 0 Å². The van der Waals surface area contributed by atoms with Gasteiger partial charge in [0.2, 0.25) is 0 Å². The minimum absolute atomic E-state index is 0.275. The van der Waals surface area contributed by atoms with Gasteiger partial charge in [-0.3, -0.25) is 4.98 Å². The number of pyridine rings is 1. The first kappa shape index (κ1) is 12.3. The van der Waals surface area contributed by atoms with Gasteiger partial charge >= 0.3 is 0 Å². The van der Waals surface area contributed by atoms with Crippen molar-refractivity contribution in [2.75, 3.05) is 0 Å². The molecule has 2 rings (SSSR count). The molecule has 0 saturated heterocycles. The fraction of sp³-hybridized carbons (Fsp3) is 0.400. The van der Waals surface area contributed by atoms with Crippen molar-refractivity contribution in [2.24, 2.45) is 0 Å². The fourth-order valence-electron chi connectivity index (χ4n) is 1.73. The fourth-order valence-corrected chi connectivity index (χ4v) is 2.79. The van der Waals surface area contributed by atoms with Crippen LogP contribution in [0.3, 0.4) is 0 Å². The lowest BCUT2D eigenvalue weighted by Gasteiger charge is -2.15. The van der Waals surface area contributed by atoms with Crippen LogP contribution in [-0.2, 0) is 18.3 Å². The summed E-state index contributed by atoms with van der Waals surface area (Å²) < 4.78 is 0. The number of aryl methyl sites for hydroxylation is 2. The van der Waals surface area contributed by atoms with Gasteiger partial charge in [0.1, 0.15) is 0 Å². The molecular weight excluding hydrogens is 226 g/mol. The van der Waals surface area contributed by atoms with E-state index in [1.165, 1.54) is 15.3 Å². The summed E-state index contributed by atoms with van der Waals surface area (Å²) in [5.74, 6) is 0. The second-order valence-corrected chi connectivity index (χ2v) is 6.55. The Hall–Kier alpha value is -1.15. The van der Waals surface area contributed by atoms with E-state index in [1.54, 1.807) is 0 Å². The van der Waals surface area contributed by atoms with Gasteiger partial charge < -0.3 is 0 Å². The quantitative estimate of drug-likeness (QED) is 0.788. The number of nitrogens with zero attached hydrogens (tertiary/aromatic N) is 1. The summed E-state index contributed by atoms with van der Waals surface area (Å²) in [6.45, 7) is 6.80. The molecule has 2 aromatic rings. The number of rotatable bonds is 3. The normalized spacial score (nSPS) is 11.7. The first-order valence-electron chi connectivity index (χ1n) is 6.04. The largest absolute Gasteiger partial charge is 0.264 e. The molecule has 0 aliphatic carbocycles. The standard InChI is InChI=1S/C15H19NS/c1-15(2,3)14-9-8-13(17-14)7-6-12-5-4-10-16-11-12/h4-5,8-11H,6-7H2,1-3H3. The molecule has 2 heterocycles. The van der Waals surface area contributed by atoms with E-state index >= 15 is 0 Å². The summed E-state index contributed by atoms with van der Waals surface area (Å²) in [5.41, 5.74) is 1.59. The maximum absolute atomic E-state index is 4.14. The summed E-state index contributed by atoms with van der Waals surface area (Å²) in [6, 6.07) is 8.68. The van der Waals surface area contributed by atoms with Crippen LogP contribution in [0.25, 0.3) is 0 Å². The second kappa shape index (κ2) is 5.01. The molecule has 0 unspecified atom stereocenters. The van der Waals surface area contributed by atoms with Crippen LogP contribution in [0.4, 0.5) is 0 Å². The third-order valence-corrected chi connectivity index (χ3v) is 4.35. The van der Waals surface area contributed by atoms with E-state index in [-0.39, 0.29) is 5.41 Å². The summed E-state index contributed by atoms with van der Waals surface area (Å²) in [7, 11) is 0. The number of thiophene rings is 1. The Morgan fingerprint density at radius 1 is 1.12 bits per heavy atom. The highest BCUT2D eigenvalue weighted by atomic mass is 32.1. The monoisotopic (exact) mass is 245 g/mol.